The molecule has 0 heterocycles. The van der Waals surface area contributed by atoms with Gasteiger partial charge in [0, 0.05) is 66.1 Å². The molecule has 9 heteroatoms. The van der Waals surface area contributed by atoms with Gasteiger partial charge in [-0.25, -0.2) is 0 Å². The Bertz CT molecular complexity index is 778. The fourth-order valence-electron chi connectivity index (χ4n) is 8.55. The van der Waals surface area contributed by atoms with E-state index in [-0.39, 0.29) is 12.6 Å². The van der Waals surface area contributed by atoms with Gasteiger partial charge in [-0.15, -0.1) is 0 Å². The van der Waals surface area contributed by atoms with Crippen molar-refractivity contribution in [3.63, 3.8) is 0 Å². The van der Waals surface area contributed by atoms with Crippen LogP contribution < -0.4 is 0 Å². The van der Waals surface area contributed by atoms with Crippen molar-refractivity contribution in [3.05, 3.63) is 0 Å². The summed E-state index contributed by atoms with van der Waals surface area (Å²) in [7, 11) is 0. The zero-order valence-corrected chi connectivity index (χ0v) is 47.0. The molecule has 0 aliphatic rings. The third-order valence-corrected chi connectivity index (χ3v) is 13.2. The van der Waals surface area contributed by atoms with Crippen LogP contribution in [0.25, 0.3) is 0 Å². The number of rotatable bonds is 64. The Labute approximate surface area is 430 Å². The highest BCUT2D eigenvalue weighted by Gasteiger charge is 2.11. The summed E-state index contributed by atoms with van der Waals surface area (Å²) in [5.41, 5.74) is 0. The van der Waals surface area contributed by atoms with E-state index in [1.54, 1.807) is 0 Å². The van der Waals surface area contributed by atoms with Gasteiger partial charge in [0.15, 0.2) is 12.6 Å². The SMILES string of the molecule is CCCCCCCCOC(CCCCCCOCCCCCCOCOCOCCCCCCOCCCCCCC(OCCCCCCCC)OCCCCCCCC)OCCCCCCCC. The molecule has 0 aliphatic carbocycles. The Kier molecular flexibility index (Phi) is 63.4. The lowest BCUT2D eigenvalue weighted by molar-refractivity contribution is -0.148. The van der Waals surface area contributed by atoms with Gasteiger partial charge in [0.1, 0.15) is 13.6 Å². The van der Waals surface area contributed by atoms with Gasteiger partial charge in [-0.05, 0) is 89.9 Å². The van der Waals surface area contributed by atoms with Gasteiger partial charge in [0.2, 0.25) is 0 Å². The van der Waals surface area contributed by atoms with E-state index in [1.165, 1.54) is 193 Å². The number of hydrogen-bond donors (Lipinski definition) is 0. The molecule has 0 aromatic rings. The number of hydrogen-bond acceptors (Lipinski definition) is 9. The Hall–Kier alpha value is -0.360. The fraction of sp³-hybridized carbons (Fsp3) is 1.00. The molecular formula is C60H122O9. The molecule has 0 spiro atoms. The highest BCUT2D eigenvalue weighted by molar-refractivity contribution is 4.55. The zero-order valence-electron chi connectivity index (χ0n) is 47.0. The molecule has 0 unspecified atom stereocenters. The summed E-state index contributed by atoms with van der Waals surface area (Å²) in [6, 6.07) is 0. The third kappa shape index (κ3) is 60.1. The quantitative estimate of drug-likeness (QED) is 0.0437. The van der Waals surface area contributed by atoms with Crippen molar-refractivity contribution in [1.29, 1.82) is 0 Å². The van der Waals surface area contributed by atoms with E-state index in [9.17, 15) is 0 Å². The summed E-state index contributed by atoms with van der Waals surface area (Å²) in [6.45, 7) is 18.0. The van der Waals surface area contributed by atoms with Crippen molar-refractivity contribution in [2.24, 2.45) is 0 Å². The molecule has 0 atom stereocenters. The van der Waals surface area contributed by atoms with Crippen LogP contribution in [0.2, 0.25) is 0 Å². The summed E-state index contributed by atoms with van der Waals surface area (Å²) in [5, 5.41) is 0. The average molecular weight is 988 g/mol. The van der Waals surface area contributed by atoms with Crippen molar-refractivity contribution < 1.29 is 42.6 Å². The third-order valence-electron chi connectivity index (χ3n) is 13.2. The van der Waals surface area contributed by atoms with Crippen LogP contribution in [-0.4, -0.2) is 92.2 Å². The molecule has 0 radical (unpaired) electrons. The first-order valence-electron chi connectivity index (χ1n) is 30.6. The minimum absolute atomic E-state index is 0.0240. The lowest BCUT2D eigenvalue weighted by Crippen LogP contribution is -2.19. The molecule has 0 aromatic heterocycles. The van der Waals surface area contributed by atoms with Crippen LogP contribution in [0.5, 0.6) is 0 Å². The molecule has 0 amide bonds. The molecule has 9 nitrogen and oxygen atoms in total. The summed E-state index contributed by atoms with van der Waals surface area (Å²) < 4.78 is 53.4. The normalized spacial score (nSPS) is 11.9. The fourth-order valence-corrected chi connectivity index (χ4v) is 8.55. The van der Waals surface area contributed by atoms with Gasteiger partial charge in [-0.2, -0.15) is 0 Å². The molecule has 0 fully saturated rings. The van der Waals surface area contributed by atoms with Gasteiger partial charge in [-0.1, -0.05) is 207 Å². The molecule has 0 aromatic carbocycles. The molecule has 0 bridgehead atoms. The largest absolute Gasteiger partial charge is 0.381 e. The van der Waals surface area contributed by atoms with Crippen molar-refractivity contribution in [3.8, 4) is 0 Å². The van der Waals surface area contributed by atoms with Gasteiger partial charge in [-0.3, -0.25) is 0 Å². The first kappa shape index (κ1) is 68.6. The molecule has 0 saturated heterocycles. The van der Waals surface area contributed by atoms with Crippen LogP contribution in [0.1, 0.15) is 297 Å². The first-order chi connectivity index (χ1) is 34.3. The van der Waals surface area contributed by atoms with Gasteiger partial charge in [0.05, 0.1) is 0 Å². The van der Waals surface area contributed by atoms with Crippen molar-refractivity contribution in [1.82, 2.24) is 0 Å². The predicted molar refractivity (Wildman–Crippen MR) is 292 cm³/mol. The predicted octanol–water partition coefficient (Wildman–Crippen LogP) is 18.2. The van der Waals surface area contributed by atoms with Gasteiger partial charge < -0.3 is 42.6 Å². The first-order valence-corrected chi connectivity index (χ1v) is 30.6. The summed E-state index contributed by atoms with van der Waals surface area (Å²) >= 11 is 0. The monoisotopic (exact) mass is 987 g/mol. The second-order valence-corrected chi connectivity index (χ2v) is 20.1. The van der Waals surface area contributed by atoms with E-state index >= 15 is 0 Å². The number of unbranched alkanes of at least 4 members (excludes halogenated alkanes) is 32. The maximum atomic E-state index is 6.21. The molecule has 416 valence electrons. The van der Waals surface area contributed by atoms with E-state index in [4.69, 9.17) is 42.6 Å². The topological polar surface area (TPSA) is 83.1 Å². The Morgan fingerprint density at radius 1 is 0.188 bits per heavy atom. The van der Waals surface area contributed by atoms with Crippen LogP contribution in [0.15, 0.2) is 0 Å². The lowest BCUT2D eigenvalue weighted by Gasteiger charge is -2.19. The zero-order chi connectivity index (χ0) is 49.7. The van der Waals surface area contributed by atoms with E-state index in [1.807, 2.05) is 0 Å². The van der Waals surface area contributed by atoms with E-state index in [0.717, 1.165) is 143 Å². The Morgan fingerprint density at radius 2 is 0.391 bits per heavy atom. The molecule has 0 saturated carbocycles. The van der Waals surface area contributed by atoms with Crippen molar-refractivity contribution >= 4 is 0 Å². The molecule has 0 N–H and O–H groups in total. The molecule has 0 aliphatic heterocycles. The number of ether oxygens (including phenoxy) is 9. The Morgan fingerprint density at radius 3 is 0.652 bits per heavy atom. The average Bonchev–Trinajstić information content (AvgIpc) is 3.36. The van der Waals surface area contributed by atoms with E-state index in [0.29, 0.717) is 13.6 Å². The molecular weight excluding hydrogens is 865 g/mol. The maximum absolute atomic E-state index is 6.21. The van der Waals surface area contributed by atoms with Crippen LogP contribution >= 0.6 is 0 Å². The summed E-state index contributed by atoms with van der Waals surface area (Å²) in [6.07, 6.45) is 51.7. The van der Waals surface area contributed by atoms with Crippen LogP contribution in [-0.2, 0) is 42.6 Å². The maximum Gasteiger partial charge on any atom is 0.157 e. The summed E-state index contributed by atoms with van der Waals surface area (Å²) in [5.74, 6) is 0. The second-order valence-electron chi connectivity index (χ2n) is 20.1. The van der Waals surface area contributed by atoms with Crippen LogP contribution in [0.4, 0.5) is 0 Å². The summed E-state index contributed by atoms with van der Waals surface area (Å²) in [4.78, 5) is 0. The Balaban J connectivity index is 3.57. The van der Waals surface area contributed by atoms with Crippen LogP contribution in [0.3, 0.4) is 0 Å². The van der Waals surface area contributed by atoms with Gasteiger partial charge >= 0.3 is 0 Å². The lowest BCUT2D eigenvalue weighted by atomic mass is 10.1. The minimum Gasteiger partial charge on any atom is -0.381 e. The van der Waals surface area contributed by atoms with Gasteiger partial charge in [0.25, 0.3) is 0 Å². The van der Waals surface area contributed by atoms with E-state index < -0.39 is 0 Å². The standard InChI is InChI=1S/C60H122O9/c1-5-9-13-17-23-41-53-66-59(67-54-42-24-18-14-10-6-2)45-33-21-27-35-47-61-49-37-29-31-39-51-63-57-65-58-64-52-40-32-30-38-50-62-48-36-28-22-34-46-60(68-55-43-25-19-15-11-7-3)69-56-44-26-20-16-12-8-4/h59-60H,5-58H2,1-4H3. The highest BCUT2D eigenvalue weighted by Crippen LogP contribution is 2.16. The smallest absolute Gasteiger partial charge is 0.157 e. The minimum atomic E-state index is -0.0240. The molecule has 69 heavy (non-hydrogen) atoms. The van der Waals surface area contributed by atoms with E-state index in [2.05, 4.69) is 27.7 Å². The highest BCUT2D eigenvalue weighted by atomic mass is 16.7. The van der Waals surface area contributed by atoms with Crippen LogP contribution in [0, 0.1) is 0 Å². The van der Waals surface area contributed by atoms with Crippen molar-refractivity contribution in [2.45, 2.75) is 310 Å². The van der Waals surface area contributed by atoms with Crippen molar-refractivity contribution in [2.75, 3.05) is 79.7 Å². The second kappa shape index (κ2) is 63.8. The molecule has 0 rings (SSSR count).